The van der Waals surface area contributed by atoms with E-state index >= 15 is 0 Å². The van der Waals surface area contributed by atoms with E-state index in [4.69, 9.17) is 4.74 Å². The zero-order valence-electron chi connectivity index (χ0n) is 19.7. The van der Waals surface area contributed by atoms with Crippen LogP contribution >= 0.6 is 0 Å². The maximum Gasteiger partial charge on any atom is 0.328 e. The predicted octanol–water partition coefficient (Wildman–Crippen LogP) is 3.83. The third-order valence-electron chi connectivity index (χ3n) is 4.85. The number of amides is 2. The zero-order chi connectivity index (χ0) is 23.1. The first-order valence-electron chi connectivity index (χ1n) is 10.6. The van der Waals surface area contributed by atoms with Crippen molar-refractivity contribution in [2.75, 3.05) is 7.11 Å². The van der Waals surface area contributed by atoms with Gasteiger partial charge in [-0.05, 0) is 47.8 Å². The highest BCUT2D eigenvalue weighted by molar-refractivity contribution is 5.98. The number of carbonyl (C=O) groups is 3. The summed E-state index contributed by atoms with van der Waals surface area (Å²) in [6.45, 7) is 14.2. The van der Waals surface area contributed by atoms with Crippen LogP contribution in [-0.2, 0) is 19.7 Å². The Balaban J connectivity index is 2.95. The summed E-state index contributed by atoms with van der Waals surface area (Å²) in [5.74, 6) is -0.779. The number of nitrogens with one attached hydrogen (secondary N) is 2. The van der Waals surface area contributed by atoms with Gasteiger partial charge in [-0.1, -0.05) is 60.6 Å². The highest BCUT2D eigenvalue weighted by Gasteiger charge is 2.28. The number of rotatable bonds is 9. The van der Waals surface area contributed by atoms with Gasteiger partial charge in [0.05, 0.1) is 7.11 Å². The minimum absolute atomic E-state index is 0.00557. The molecule has 0 spiro atoms. The molecule has 0 aliphatic carbocycles. The molecule has 0 bridgehead atoms. The highest BCUT2D eigenvalue weighted by Crippen LogP contribution is 2.22. The average molecular weight is 419 g/mol. The Morgan fingerprint density at radius 1 is 0.867 bits per heavy atom. The molecule has 0 aliphatic rings. The Morgan fingerprint density at radius 3 is 1.80 bits per heavy atom. The lowest BCUT2D eigenvalue weighted by Crippen LogP contribution is -2.52. The van der Waals surface area contributed by atoms with Gasteiger partial charge in [-0.15, -0.1) is 0 Å². The molecule has 1 aromatic rings. The van der Waals surface area contributed by atoms with Crippen molar-refractivity contribution in [3.8, 4) is 0 Å². The molecule has 0 saturated heterocycles. The Bertz CT molecular complexity index is 718. The minimum atomic E-state index is -0.737. The zero-order valence-corrected chi connectivity index (χ0v) is 19.7. The van der Waals surface area contributed by atoms with E-state index in [9.17, 15) is 14.4 Å². The smallest absolute Gasteiger partial charge is 0.328 e. The number of methoxy groups -OCH3 is 1. The average Bonchev–Trinajstić information content (AvgIpc) is 2.64. The molecule has 0 heterocycles. The largest absolute Gasteiger partial charge is 0.467 e. The number of ether oxygens (including phenoxy) is 1. The second-order valence-electron chi connectivity index (χ2n) is 9.70. The monoisotopic (exact) mass is 418 g/mol. The predicted molar refractivity (Wildman–Crippen MR) is 119 cm³/mol. The summed E-state index contributed by atoms with van der Waals surface area (Å²) < 4.78 is 4.82. The molecule has 30 heavy (non-hydrogen) atoms. The molecule has 0 fully saturated rings. The van der Waals surface area contributed by atoms with Crippen LogP contribution in [0.25, 0.3) is 0 Å². The van der Waals surface area contributed by atoms with Crippen LogP contribution in [0.15, 0.2) is 24.3 Å². The number of benzene rings is 1. The molecule has 0 aromatic heterocycles. The fourth-order valence-electron chi connectivity index (χ4n) is 3.17. The molecule has 168 valence electrons. The third kappa shape index (κ3) is 8.17. The van der Waals surface area contributed by atoms with Crippen LogP contribution in [0, 0.1) is 11.8 Å². The quantitative estimate of drug-likeness (QED) is 0.597. The topological polar surface area (TPSA) is 84.5 Å². The molecule has 2 atom stereocenters. The molecule has 0 aliphatic heterocycles. The van der Waals surface area contributed by atoms with Crippen molar-refractivity contribution < 1.29 is 19.1 Å². The molecule has 6 nitrogen and oxygen atoms in total. The SMILES string of the molecule is COC(=O)[C@H](CC(C)C)NC(=O)[C@@H](CC(C)C)NC(=O)c1ccc(C(C)(C)C)cc1. The van der Waals surface area contributed by atoms with Gasteiger partial charge in [0.25, 0.3) is 5.91 Å². The van der Waals surface area contributed by atoms with E-state index in [1.165, 1.54) is 7.11 Å². The maximum atomic E-state index is 12.9. The molecule has 0 radical (unpaired) electrons. The van der Waals surface area contributed by atoms with Gasteiger partial charge in [0.15, 0.2) is 0 Å². The van der Waals surface area contributed by atoms with E-state index in [2.05, 4.69) is 31.4 Å². The van der Waals surface area contributed by atoms with Crippen molar-refractivity contribution in [1.29, 1.82) is 0 Å². The van der Waals surface area contributed by atoms with Crippen LogP contribution in [0.2, 0.25) is 0 Å². The molecular weight excluding hydrogens is 380 g/mol. The van der Waals surface area contributed by atoms with Crippen LogP contribution < -0.4 is 10.6 Å². The first kappa shape index (κ1) is 25.7. The molecule has 2 amide bonds. The van der Waals surface area contributed by atoms with Crippen molar-refractivity contribution in [1.82, 2.24) is 10.6 Å². The fraction of sp³-hybridized carbons (Fsp3) is 0.625. The van der Waals surface area contributed by atoms with Crippen molar-refractivity contribution in [2.45, 2.75) is 78.8 Å². The Labute approximate surface area is 181 Å². The lowest BCUT2D eigenvalue weighted by atomic mass is 9.86. The molecule has 1 aromatic carbocycles. The maximum absolute atomic E-state index is 12.9. The molecular formula is C24H38N2O4. The van der Waals surface area contributed by atoms with Gasteiger partial charge in [-0.2, -0.15) is 0 Å². The third-order valence-corrected chi connectivity index (χ3v) is 4.85. The molecule has 2 N–H and O–H groups in total. The van der Waals surface area contributed by atoms with Gasteiger partial charge in [0, 0.05) is 5.56 Å². The second-order valence-corrected chi connectivity index (χ2v) is 9.70. The molecule has 0 unspecified atom stereocenters. The van der Waals surface area contributed by atoms with Gasteiger partial charge < -0.3 is 15.4 Å². The molecule has 6 heteroatoms. The lowest BCUT2D eigenvalue weighted by molar-refractivity contribution is -0.145. The van der Waals surface area contributed by atoms with Crippen LogP contribution in [-0.4, -0.2) is 37.0 Å². The normalized spacial score (nSPS) is 13.7. The van der Waals surface area contributed by atoms with E-state index in [0.717, 1.165) is 5.56 Å². The van der Waals surface area contributed by atoms with Crippen LogP contribution in [0.1, 0.15) is 77.2 Å². The van der Waals surface area contributed by atoms with Crippen molar-refractivity contribution in [3.63, 3.8) is 0 Å². The second kappa shape index (κ2) is 11.1. The van der Waals surface area contributed by atoms with E-state index < -0.39 is 18.1 Å². The van der Waals surface area contributed by atoms with E-state index in [1.54, 1.807) is 12.1 Å². The fourth-order valence-corrected chi connectivity index (χ4v) is 3.17. The van der Waals surface area contributed by atoms with Gasteiger partial charge >= 0.3 is 5.97 Å². The first-order chi connectivity index (χ1) is 13.8. The van der Waals surface area contributed by atoms with Crippen molar-refractivity contribution in [3.05, 3.63) is 35.4 Å². The van der Waals surface area contributed by atoms with E-state index in [1.807, 2.05) is 39.8 Å². The number of esters is 1. The Morgan fingerprint density at radius 2 is 1.37 bits per heavy atom. The summed E-state index contributed by atoms with van der Waals surface area (Å²) in [6.07, 6.45) is 0.933. The van der Waals surface area contributed by atoms with E-state index in [0.29, 0.717) is 18.4 Å². The van der Waals surface area contributed by atoms with Crippen LogP contribution in [0.3, 0.4) is 0 Å². The van der Waals surface area contributed by atoms with Gasteiger partial charge in [-0.3, -0.25) is 9.59 Å². The standard InChI is InChI=1S/C24H38N2O4/c1-15(2)13-19(22(28)26-20(14-16(3)4)23(29)30-8)25-21(27)17-9-11-18(12-10-17)24(5,6)7/h9-12,15-16,19-20H,13-14H2,1-8H3,(H,25,27)(H,26,28)/t19-,20+/m1/s1. The number of hydrogen-bond acceptors (Lipinski definition) is 4. The summed E-state index contributed by atoms with van der Waals surface area (Å²) in [5, 5.41) is 5.60. The summed E-state index contributed by atoms with van der Waals surface area (Å²) in [7, 11) is 1.30. The Kier molecular flexibility index (Phi) is 9.53. The number of carbonyl (C=O) groups excluding carboxylic acids is 3. The lowest BCUT2D eigenvalue weighted by Gasteiger charge is -2.24. The van der Waals surface area contributed by atoms with Crippen molar-refractivity contribution >= 4 is 17.8 Å². The molecule has 1 rings (SSSR count). The summed E-state index contributed by atoms with van der Waals surface area (Å²) in [6, 6.07) is 5.94. The van der Waals surface area contributed by atoms with Gasteiger partial charge in [-0.25, -0.2) is 4.79 Å². The summed E-state index contributed by atoms with van der Waals surface area (Å²) >= 11 is 0. The van der Waals surface area contributed by atoms with Gasteiger partial charge in [0.1, 0.15) is 12.1 Å². The van der Waals surface area contributed by atoms with Gasteiger partial charge in [0.2, 0.25) is 5.91 Å². The van der Waals surface area contributed by atoms with Crippen molar-refractivity contribution in [2.24, 2.45) is 11.8 Å². The first-order valence-corrected chi connectivity index (χ1v) is 10.6. The highest BCUT2D eigenvalue weighted by atomic mass is 16.5. The minimum Gasteiger partial charge on any atom is -0.467 e. The molecule has 0 saturated carbocycles. The Hall–Kier alpha value is -2.37. The van der Waals surface area contributed by atoms with E-state index in [-0.39, 0.29) is 29.1 Å². The van der Waals surface area contributed by atoms with Crippen LogP contribution in [0.4, 0.5) is 0 Å². The number of hydrogen-bond donors (Lipinski definition) is 2. The van der Waals surface area contributed by atoms with Crippen LogP contribution in [0.5, 0.6) is 0 Å². The summed E-state index contributed by atoms with van der Waals surface area (Å²) in [5.41, 5.74) is 1.62. The summed E-state index contributed by atoms with van der Waals surface area (Å²) in [4.78, 5) is 37.7.